The predicted molar refractivity (Wildman–Crippen MR) is 130 cm³/mol. The summed E-state index contributed by atoms with van der Waals surface area (Å²) >= 11 is 0. The summed E-state index contributed by atoms with van der Waals surface area (Å²) in [5, 5.41) is 0. The number of nitrogens with zero attached hydrogens (tertiary/aromatic N) is 1. The normalized spacial score (nSPS) is 18.3. The lowest BCUT2D eigenvalue weighted by Crippen LogP contribution is -2.56. The predicted octanol–water partition coefficient (Wildman–Crippen LogP) is 8.29. The van der Waals surface area contributed by atoms with Crippen molar-refractivity contribution in [2.45, 2.75) is 167 Å². The molecule has 1 heterocycles. The fraction of sp³-hybridized carbons (Fsp3) is 0.963. The summed E-state index contributed by atoms with van der Waals surface area (Å²) in [6, 6.07) is 0. The standard InChI is InChI=1S/C27H52NO3/c1-6-7-8-9-10-11-12-13-14-15-16-17-18-19-20-21-25(29)31-24-22-26(2,3)28(30)27(4,5)23-24/h24H,6-23H2,1-5H3/q+1. The molecule has 1 fully saturated rings. The Morgan fingerprint density at radius 2 is 1.06 bits per heavy atom. The second-order valence-corrected chi connectivity index (χ2v) is 11.1. The summed E-state index contributed by atoms with van der Waals surface area (Å²) in [6.07, 6.45) is 21.5. The van der Waals surface area contributed by atoms with Crippen molar-refractivity contribution in [3.05, 3.63) is 4.91 Å². The monoisotopic (exact) mass is 438 g/mol. The highest BCUT2D eigenvalue weighted by Gasteiger charge is 2.54. The van der Waals surface area contributed by atoms with Crippen molar-refractivity contribution in [3.8, 4) is 0 Å². The van der Waals surface area contributed by atoms with Gasteiger partial charge in [0.2, 0.25) is 11.1 Å². The average molecular weight is 439 g/mol. The largest absolute Gasteiger partial charge is 0.462 e. The second kappa shape index (κ2) is 15.0. The fourth-order valence-corrected chi connectivity index (χ4v) is 5.14. The van der Waals surface area contributed by atoms with Gasteiger partial charge in [0, 0.05) is 43.8 Å². The van der Waals surface area contributed by atoms with E-state index in [2.05, 4.69) is 6.92 Å². The van der Waals surface area contributed by atoms with Crippen molar-refractivity contribution >= 4 is 5.97 Å². The average Bonchev–Trinajstić information content (AvgIpc) is 2.68. The lowest BCUT2D eigenvalue weighted by Gasteiger charge is -2.36. The second-order valence-electron chi connectivity index (χ2n) is 11.1. The minimum Gasteiger partial charge on any atom is -0.462 e. The van der Waals surface area contributed by atoms with Crippen LogP contribution < -0.4 is 0 Å². The Balaban J connectivity index is 1.96. The Bertz CT molecular complexity index is 493. The molecule has 1 saturated heterocycles. The van der Waals surface area contributed by atoms with E-state index in [9.17, 15) is 9.70 Å². The zero-order chi connectivity index (χ0) is 23.2. The van der Waals surface area contributed by atoms with Gasteiger partial charge in [-0.3, -0.25) is 4.79 Å². The summed E-state index contributed by atoms with van der Waals surface area (Å²) in [7, 11) is 0. The lowest BCUT2D eigenvalue weighted by molar-refractivity contribution is -0.695. The van der Waals surface area contributed by atoms with Crippen LogP contribution in [0.4, 0.5) is 0 Å². The SMILES string of the molecule is CCCCCCCCCCCCCCCCCC(=O)OC1CC(C)(C)[N+](=O)C(C)(C)C1. The molecule has 0 aromatic carbocycles. The van der Waals surface area contributed by atoms with Crippen molar-refractivity contribution in [2.75, 3.05) is 0 Å². The third-order valence-electron chi connectivity index (χ3n) is 6.84. The van der Waals surface area contributed by atoms with Gasteiger partial charge in [0.1, 0.15) is 6.10 Å². The van der Waals surface area contributed by atoms with Crippen molar-refractivity contribution in [1.82, 2.24) is 0 Å². The van der Waals surface area contributed by atoms with E-state index in [1.165, 1.54) is 88.2 Å². The minimum absolute atomic E-state index is 0.0920. The number of carbonyl (C=O) groups is 1. The molecular weight excluding hydrogens is 386 g/mol. The molecule has 31 heavy (non-hydrogen) atoms. The Labute approximate surface area is 192 Å². The molecule has 0 aliphatic carbocycles. The molecule has 0 amide bonds. The van der Waals surface area contributed by atoms with Crippen molar-refractivity contribution in [2.24, 2.45) is 0 Å². The molecule has 0 radical (unpaired) electrons. The number of unbranched alkanes of at least 4 members (excludes halogenated alkanes) is 14. The molecule has 1 aliphatic rings. The zero-order valence-corrected chi connectivity index (χ0v) is 21.5. The summed E-state index contributed by atoms with van der Waals surface area (Å²) in [5.41, 5.74) is -0.970. The van der Waals surface area contributed by atoms with E-state index in [1.54, 1.807) is 0 Å². The molecule has 0 aromatic rings. The van der Waals surface area contributed by atoms with E-state index in [-0.39, 0.29) is 12.1 Å². The third-order valence-corrected chi connectivity index (χ3v) is 6.84. The first-order valence-corrected chi connectivity index (χ1v) is 13.4. The lowest BCUT2D eigenvalue weighted by atomic mass is 9.80. The summed E-state index contributed by atoms with van der Waals surface area (Å²) in [6.45, 7) is 10.0. The first-order valence-electron chi connectivity index (χ1n) is 13.4. The highest BCUT2D eigenvalue weighted by molar-refractivity contribution is 5.69. The molecule has 1 aliphatic heterocycles. The number of rotatable bonds is 17. The zero-order valence-electron chi connectivity index (χ0n) is 21.5. The molecule has 4 nitrogen and oxygen atoms in total. The molecule has 182 valence electrons. The van der Waals surface area contributed by atoms with Crippen LogP contribution in [0.2, 0.25) is 0 Å². The fourth-order valence-electron chi connectivity index (χ4n) is 5.14. The summed E-state index contributed by atoms with van der Waals surface area (Å²) < 4.78 is 6.91. The van der Waals surface area contributed by atoms with Gasteiger partial charge in [-0.1, -0.05) is 96.8 Å². The topological polar surface area (TPSA) is 46.4 Å². The van der Waals surface area contributed by atoms with Crippen LogP contribution >= 0.6 is 0 Å². The number of carbonyl (C=O) groups excluding carboxylic acids is 1. The number of ether oxygens (including phenoxy) is 1. The van der Waals surface area contributed by atoms with Gasteiger partial charge in [0.15, 0.2) is 0 Å². The van der Waals surface area contributed by atoms with Crippen molar-refractivity contribution in [1.29, 1.82) is 0 Å². The molecule has 0 unspecified atom stereocenters. The first kappa shape index (κ1) is 28.1. The van der Waals surface area contributed by atoms with E-state index in [0.29, 0.717) is 19.3 Å². The van der Waals surface area contributed by atoms with E-state index >= 15 is 0 Å². The number of piperidine rings is 1. The number of hydrogen-bond donors (Lipinski definition) is 0. The first-order chi connectivity index (χ1) is 14.7. The van der Waals surface area contributed by atoms with E-state index in [0.717, 1.165) is 12.8 Å². The molecule has 0 bridgehead atoms. The smallest absolute Gasteiger partial charge is 0.306 e. The van der Waals surface area contributed by atoms with Gasteiger partial charge < -0.3 is 4.74 Å². The highest BCUT2D eigenvalue weighted by atomic mass is 16.5. The maximum absolute atomic E-state index is 12.4. The van der Waals surface area contributed by atoms with Crippen LogP contribution in [0.15, 0.2) is 0 Å². The van der Waals surface area contributed by atoms with Gasteiger partial charge in [-0.05, 0) is 6.42 Å². The van der Waals surface area contributed by atoms with Crippen LogP contribution in [0.25, 0.3) is 0 Å². The molecule has 0 spiro atoms. The maximum Gasteiger partial charge on any atom is 0.306 e. The molecule has 4 heteroatoms. The van der Waals surface area contributed by atoms with E-state index < -0.39 is 11.1 Å². The maximum atomic E-state index is 12.4. The molecule has 0 atom stereocenters. The van der Waals surface area contributed by atoms with Gasteiger partial charge in [-0.25, -0.2) is 0 Å². The Morgan fingerprint density at radius 3 is 1.45 bits per heavy atom. The number of hydrogen-bond acceptors (Lipinski definition) is 3. The minimum atomic E-state index is -0.485. The molecule has 0 aromatic heterocycles. The Morgan fingerprint density at radius 1 is 0.710 bits per heavy atom. The van der Waals surface area contributed by atoms with Crippen molar-refractivity contribution < 1.29 is 14.3 Å². The van der Waals surface area contributed by atoms with Crippen LogP contribution in [-0.4, -0.2) is 27.9 Å². The third kappa shape index (κ3) is 12.0. The summed E-state index contributed by atoms with van der Waals surface area (Å²) in [4.78, 5) is 24.6. The Kier molecular flexibility index (Phi) is 13.6. The van der Waals surface area contributed by atoms with Gasteiger partial charge in [0.05, 0.1) is 12.8 Å². The van der Waals surface area contributed by atoms with Gasteiger partial charge in [-0.2, -0.15) is 0 Å². The summed E-state index contributed by atoms with van der Waals surface area (Å²) in [5.74, 6) is -0.0920. The molecule has 1 rings (SSSR count). The Hall–Kier alpha value is -0.930. The van der Waals surface area contributed by atoms with Crippen LogP contribution in [0, 0.1) is 4.91 Å². The molecular formula is C27H52NO3+. The number of nitroso groups, excluding NO2 is 1. The van der Waals surface area contributed by atoms with Crippen LogP contribution in [0.5, 0.6) is 0 Å². The molecule has 0 N–H and O–H groups in total. The van der Waals surface area contributed by atoms with Crippen LogP contribution in [-0.2, 0) is 9.53 Å². The van der Waals surface area contributed by atoms with Gasteiger partial charge >= 0.3 is 5.97 Å². The van der Waals surface area contributed by atoms with Crippen molar-refractivity contribution in [3.63, 3.8) is 0 Å². The van der Waals surface area contributed by atoms with E-state index in [4.69, 9.17) is 4.74 Å². The quantitative estimate of drug-likeness (QED) is 0.130. The van der Waals surface area contributed by atoms with Gasteiger partial charge in [-0.15, -0.1) is 0 Å². The van der Waals surface area contributed by atoms with Gasteiger partial charge in [0.25, 0.3) is 0 Å². The highest BCUT2D eigenvalue weighted by Crippen LogP contribution is 2.35. The number of esters is 1. The molecule has 0 saturated carbocycles. The van der Waals surface area contributed by atoms with Crippen LogP contribution in [0.3, 0.4) is 0 Å². The van der Waals surface area contributed by atoms with E-state index in [1.807, 2.05) is 27.7 Å². The van der Waals surface area contributed by atoms with Crippen LogP contribution in [0.1, 0.15) is 150 Å².